The molecule has 0 aromatic heterocycles. The molecule has 1 aliphatic heterocycles. The minimum absolute atomic E-state index is 0.196. The zero-order valence-corrected chi connectivity index (χ0v) is 14.5. The summed E-state index contributed by atoms with van der Waals surface area (Å²) in [6.07, 6.45) is 7.01. The number of carbonyl (C=O) groups excluding carboxylic acids is 2. The van der Waals surface area contributed by atoms with E-state index in [1.54, 1.807) is 0 Å². The zero-order valence-electron chi connectivity index (χ0n) is 14.5. The number of ether oxygens (including phenoxy) is 2. The van der Waals surface area contributed by atoms with Gasteiger partial charge in [-0.05, 0) is 39.0 Å². The summed E-state index contributed by atoms with van der Waals surface area (Å²) in [7, 11) is 4.61. The minimum Gasteiger partial charge on any atom is -0.466 e. The highest BCUT2D eigenvalue weighted by molar-refractivity contribution is 5.97. The van der Waals surface area contributed by atoms with Gasteiger partial charge in [-0.25, -0.2) is 9.59 Å². The highest BCUT2D eigenvalue weighted by Crippen LogP contribution is 2.43. The first-order valence-corrected chi connectivity index (χ1v) is 7.90. The van der Waals surface area contributed by atoms with E-state index in [1.807, 2.05) is 25.8 Å². The molecule has 2 aliphatic rings. The monoisotopic (exact) mass is 319 g/mol. The Morgan fingerprint density at radius 1 is 1.04 bits per heavy atom. The number of rotatable bonds is 3. The number of allylic oxidation sites excluding steroid dienone is 4. The molecule has 23 heavy (non-hydrogen) atoms. The fourth-order valence-corrected chi connectivity index (χ4v) is 3.57. The molecule has 1 unspecified atom stereocenters. The third-order valence-electron chi connectivity index (χ3n) is 5.00. The quantitative estimate of drug-likeness (QED) is 0.591. The van der Waals surface area contributed by atoms with Crippen molar-refractivity contribution in [2.24, 2.45) is 11.8 Å². The molecule has 0 aromatic rings. The maximum absolute atomic E-state index is 12.4. The van der Waals surface area contributed by atoms with E-state index in [0.717, 1.165) is 30.7 Å². The van der Waals surface area contributed by atoms with E-state index in [4.69, 9.17) is 9.47 Å². The van der Waals surface area contributed by atoms with E-state index in [1.165, 1.54) is 14.2 Å². The molecule has 1 heterocycles. The SMILES string of the molecule is COC(=O)C1=C(C)N(C)C(C)=C(C(=O)OC)C1C1CC=CCC1. The van der Waals surface area contributed by atoms with Crippen molar-refractivity contribution < 1.29 is 19.1 Å². The van der Waals surface area contributed by atoms with Crippen molar-refractivity contribution in [3.63, 3.8) is 0 Å². The molecule has 1 aliphatic carbocycles. The summed E-state index contributed by atoms with van der Waals surface area (Å²) in [6, 6.07) is 0. The highest BCUT2D eigenvalue weighted by atomic mass is 16.5. The Balaban J connectivity index is 2.60. The van der Waals surface area contributed by atoms with E-state index in [9.17, 15) is 9.59 Å². The zero-order chi connectivity index (χ0) is 17.1. The van der Waals surface area contributed by atoms with Crippen LogP contribution >= 0.6 is 0 Å². The average Bonchev–Trinajstić information content (AvgIpc) is 2.58. The summed E-state index contributed by atoms with van der Waals surface area (Å²) in [6.45, 7) is 3.80. The summed E-state index contributed by atoms with van der Waals surface area (Å²) < 4.78 is 10.0. The smallest absolute Gasteiger partial charge is 0.336 e. The molecule has 0 saturated carbocycles. The van der Waals surface area contributed by atoms with E-state index >= 15 is 0 Å². The van der Waals surface area contributed by atoms with Gasteiger partial charge in [-0.1, -0.05) is 12.2 Å². The number of methoxy groups -OCH3 is 2. The van der Waals surface area contributed by atoms with E-state index < -0.39 is 0 Å². The topological polar surface area (TPSA) is 55.8 Å². The molecule has 1 atom stereocenters. The van der Waals surface area contributed by atoms with Gasteiger partial charge in [-0.3, -0.25) is 0 Å². The molecule has 5 nitrogen and oxygen atoms in total. The standard InChI is InChI=1S/C18H25NO4/c1-11-14(17(20)22-4)16(13-9-7-6-8-10-13)15(18(21)23-5)12(2)19(11)3/h6-7,13,16H,8-10H2,1-5H3. The van der Waals surface area contributed by atoms with Crippen molar-refractivity contribution in [1.29, 1.82) is 0 Å². The van der Waals surface area contributed by atoms with Crippen LogP contribution in [0.2, 0.25) is 0 Å². The predicted molar refractivity (Wildman–Crippen MR) is 87.2 cm³/mol. The Hall–Kier alpha value is -2.04. The first kappa shape index (κ1) is 17.3. The first-order chi connectivity index (χ1) is 10.9. The van der Waals surface area contributed by atoms with Gasteiger partial charge >= 0.3 is 11.9 Å². The van der Waals surface area contributed by atoms with Crippen molar-refractivity contribution in [2.75, 3.05) is 21.3 Å². The summed E-state index contributed by atoms with van der Waals surface area (Å²) in [4.78, 5) is 26.7. The molecule has 0 radical (unpaired) electrons. The Bertz CT molecular complexity index is 560. The van der Waals surface area contributed by atoms with Crippen LogP contribution in [0.3, 0.4) is 0 Å². The van der Waals surface area contributed by atoms with Crippen molar-refractivity contribution >= 4 is 11.9 Å². The second kappa shape index (κ2) is 7.02. The molecule has 0 aromatic carbocycles. The van der Waals surface area contributed by atoms with Gasteiger partial charge < -0.3 is 14.4 Å². The number of carbonyl (C=O) groups is 2. The van der Waals surface area contributed by atoms with Gasteiger partial charge in [-0.2, -0.15) is 0 Å². The molecule has 2 rings (SSSR count). The molecule has 0 fully saturated rings. The van der Waals surface area contributed by atoms with Crippen LogP contribution in [0.25, 0.3) is 0 Å². The third-order valence-corrected chi connectivity index (χ3v) is 5.00. The van der Waals surface area contributed by atoms with Gasteiger partial charge in [0.05, 0.1) is 25.4 Å². The lowest BCUT2D eigenvalue weighted by Crippen LogP contribution is -2.37. The van der Waals surface area contributed by atoms with Crippen LogP contribution in [0.1, 0.15) is 33.1 Å². The largest absolute Gasteiger partial charge is 0.466 e. The van der Waals surface area contributed by atoms with Crippen molar-refractivity contribution in [2.45, 2.75) is 33.1 Å². The van der Waals surface area contributed by atoms with Crippen LogP contribution < -0.4 is 0 Å². The molecular weight excluding hydrogens is 294 g/mol. The third kappa shape index (κ3) is 3.05. The molecule has 0 saturated heterocycles. The maximum atomic E-state index is 12.4. The van der Waals surface area contributed by atoms with Crippen molar-refractivity contribution in [3.8, 4) is 0 Å². The van der Waals surface area contributed by atoms with Crippen LogP contribution in [0, 0.1) is 11.8 Å². The average molecular weight is 319 g/mol. The van der Waals surface area contributed by atoms with E-state index in [-0.39, 0.29) is 23.8 Å². The number of hydrogen-bond donors (Lipinski definition) is 0. The highest BCUT2D eigenvalue weighted by Gasteiger charge is 2.42. The summed E-state index contributed by atoms with van der Waals surface area (Å²) >= 11 is 0. The second-order valence-electron chi connectivity index (χ2n) is 6.06. The summed E-state index contributed by atoms with van der Waals surface area (Å²) in [5.41, 5.74) is 2.81. The van der Waals surface area contributed by atoms with Crippen LogP contribution in [0.5, 0.6) is 0 Å². The fraction of sp³-hybridized carbons (Fsp3) is 0.556. The van der Waals surface area contributed by atoms with Gasteiger partial charge in [0.1, 0.15) is 0 Å². The van der Waals surface area contributed by atoms with Crippen molar-refractivity contribution in [3.05, 3.63) is 34.7 Å². The number of nitrogens with zero attached hydrogens (tertiary/aromatic N) is 1. The van der Waals surface area contributed by atoms with E-state index in [2.05, 4.69) is 12.2 Å². The number of hydrogen-bond acceptors (Lipinski definition) is 5. The maximum Gasteiger partial charge on any atom is 0.336 e. The summed E-state index contributed by atoms with van der Waals surface area (Å²) in [5, 5.41) is 0. The number of esters is 2. The predicted octanol–water partition coefficient (Wildman–Crippen LogP) is 2.80. The van der Waals surface area contributed by atoms with Crippen LogP contribution in [-0.4, -0.2) is 38.1 Å². The molecule has 126 valence electrons. The van der Waals surface area contributed by atoms with E-state index in [0.29, 0.717) is 11.1 Å². The minimum atomic E-state index is -0.372. The Kier molecular flexibility index (Phi) is 5.29. The lowest BCUT2D eigenvalue weighted by molar-refractivity contribution is -0.138. The molecule has 0 amide bonds. The van der Waals surface area contributed by atoms with Gasteiger partial charge in [0.25, 0.3) is 0 Å². The molecule has 0 N–H and O–H groups in total. The molecule has 0 bridgehead atoms. The van der Waals surface area contributed by atoms with Crippen LogP contribution in [0.15, 0.2) is 34.7 Å². The van der Waals surface area contributed by atoms with Crippen LogP contribution in [0.4, 0.5) is 0 Å². The second-order valence-corrected chi connectivity index (χ2v) is 6.06. The van der Waals surface area contributed by atoms with Gasteiger partial charge in [0, 0.05) is 24.4 Å². The van der Waals surface area contributed by atoms with Crippen LogP contribution in [-0.2, 0) is 19.1 Å². The molecular formula is C18H25NO4. The summed E-state index contributed by atoms with van der Waals surface area (Å²) in [5.74, 6) is -0.830. The van der Waals surface area contributed by atoms with Gasteiger partial charge in [-0.15, -0.1) is 0 Å². The lowest BCUT2D eigenvalue weighted by atomic mass is 9.72. The van der Waals surface area contributed by atoms with Crippen molar-refractivity contribution in [1.82, 2.24) is 4.90 Å². The Morgan fingerprint density at radius 3 is 1.96 bits per heavy atom. The van der Waals surface area contributed by atoms with Gasteiger partial charge in [0.15, 0.2) is 0 Å². The molecule has 5 heteroatoms. The normalized spacial score (nSPS) is 22.5. The lowest BCUT2D eigenvalue weighted by Gasteiger charge is -2.39. The molecule has 0 spiro atoms. The first-order valence-electron chi connectivity index (χ1n) is 7.90. The van der Waals surface area contributed by atoms with Gasteiger partial charge in [0.2, 0.25) is 0 Å². The Morgan fingerprint density at radius 2 is 1.57 bits per heavy atom. The Labute approximate surface area is 137 Å². The fourth-order valence-electron chi connectivity index (χ4n) is 3.57.